The summed E-state index contributed by atoms with van der Waals surface area (Å²) in [6, 6.07) is 13.8. The summed E-state index contributed by atoms with van der Waals surface area (Å²) in [6.07, 6.45) is 1.60. The van der Waals surface area contributed by atoms with Crippen molar-refractivity contribution in [1.29, 1.82) is 0 Å². The van der Waals surface area contributed by atoms with Crippen LogP contribution in [0.5, 0.6) is 0 Å². The van der Waals surface area contributed by atoms with E-state index >= 15 is 0 Å². The lowest BCUT2D eigenvalue weighted by atomic mass is 10.0. The lowest BCUT2D eigenvalue weighted by Crippen LogP contribution is -2.46. The van der Waals surface area contributed by atoms with E-state index in [2.05, 4.69) is 5.32 Å². The number of ether oxygens (including phenoxy) is 1. The third-order valence-corrected chi connectivity index (χ3v) is 4.61. The summed E-state index contributed by atoms with van der Waals surface area (Å²) in [5.41, 5.74) is 2.15. The van der Waals surface area contributed by atoms with Crippen LogP contribution in [0.4, 0.5) is 10.1 Å². The second-order valence-electron chi connectivity index (χ2n) is 6.24. The number of halogens is 1. The molecule has 0 aliphatic carbocycles. The maximum absolute atomic E-state index is 13.7. The van der Waals surface area contributed by atoms with Gasteiger partial charge < -0.3 is 15.0 Å². The van der Waals surface area contributed by atoms with Crippen molar-refractivity contribution in [3.05, 3.63) is 65.5 Å². The molecule has 0 saturated carbocycles. The molecule has 1 N–H and O–H groups in total. The minimum absolute atomic E-state index is 0.0390. The van der Waals surface area contributed by atoms with Crippen molar-refractivity contribution in [2.24, 2.45) is 0 Å². The third-order valence-electron chi connectivity index (χ3n) is 4.61. The third kappa shape index (κ3) is 2.76. The minimum atomic E-state index is -0.396. The maximum atomic E-state index is 13.7. The molecule has 4 nitrogen and oxygen atoms in total. The van der Waals surface area contributed by atoms with Gasteiger partial charge in [0, 0.05) is 18.8 Å². The van der Waals surface area contributed by atoms with Gasteiger partial charge in [0.25, 0.3) is 5.91 Å². The number of carbonyl (C=O) groups excluding carboxylic acids is 1. The second kappa shape index (κ2) is 6.24. The summed E-state index contributed by atoms with van der Waals surface area (Å²) in [5, 5.41) is 3.38. The van der Waals surface area contributed by atoms with Crippen molar-refractivity contribution < 1.29 is 13.9 Å². The van der Waals surface area contributed by atoms with Crippen LogP contribution in [0.3, 0.4) is 0 Å². The Morgan fingerprint density at radius 2 is 2.08 bits per heavy atom. The number of amides is 1. The SMILES string of the molecule is O=C1c2ccccc2N[C@H](c2cccc(F)c2)N1C[C@H]1CCCO1. The topological polar surface area (TPSA) is 41.6 Å². The van der Waals surface area contributed by atoms with E-state index in [1.165, 1.54) is 12.1 Å². The van der Waals surface area contributed by atoms with Crippen LogP contribution in [0.15, 0.2) is 48.5 Å². The van der Waals surface area contributed by atoms with Gasteiger partial charge in [0.05, 0.1) is 11.7 Å². The quantitative estimate of drug-likeness (QED) is 0.937. The monoisotopic (exact) mass is 326 g/mol. The Kier molecular flexibility index (Phi) is 3.94. The molecule has 2 heterocycles. The number of nitrogens with one attached hydrogen (secondary N) is 1. The van der Waals surface area contributed by atoms with E-state index in [9.17, 15) is 9.18 Å². The molecule has 0 radical (unpaired) electrons. The van der Waals surface area contributed by atoms with Crippen molar-refractivity contribution in [2.45, 2.75) is 25.1 Å². The van der Waals surface area contributed by atoms with Gasteiger partial charge in [-0.05, 0) is 42.7 Å². The van der Waals surface area contributed by atoms with Gasteiger partial charge in [-0.3, -0.25) is 4.79 Å². The molecule has 1 fully saturated rings. The van der Waals surface area contributed by atoms with E-state index in [0.717, 1.165) is 30.7 Å². The van der Waals surface area contributed by atoms with Crippen LogP contribution in [0.25, 0.3) is 0 Å². The van der Waals surface area contributed by atoms with Crippen LogP contribution in [-0.4, -0.2) is 30.1 Å². The molecule has 2 aromatic rings. The van der Waals surface area contributed by atoms with Gasteiger partial charge >= 0.3 is 0 Å². The second-order valence-corrected chi connectivity index (χ2v) is 6.24. The Bertz CT molecular complexity index is 759. The van der Waals surface area contributed by atoms with Crippen LogP contribution in [0, 0.1) is 5.82 Å². The van der Waals surface area contributed by atoms with Gasteiger partial charge in [-0.25, -0.2) is 4.39 Å². The number of para-hydroxylation sites is 1. The molecule has 5 heteroatoms. The Morgan fingerprint density at radius 1 is 1.21 bits per heavy atom. The first-order valence-electron chi connectivity index (χ1n) is 8.26. The maximum Gasteiger partial charge on any atom is 0.257 e. The Balaban J connectivity index is 1.72. The van der Waals surface area contributed by atoms with E-state index in [1.54, 1.807) is 11.0 Å². The molecule has 1 saturated heterocycles. The van der Waals surface area contributed by atoms with Gasteiger partial charge in [-0.15, -0.1) is 0 Å². The van der Waals surface area contributed by atoms with Crippen molar-refractivity contribution in [2.75, 3.05) is 18.5 Å². The molecule has 0 spiro atoms. The van der Waals surface area contributed by atoms with E-state index in [4.69, 9.17) is 4.74 Å². The largest absolute Gasteiger partial charge is 0.376 e. The summed E-state index contributed by atoms with van der Waals surface area (Å²) in [7, 11) is 0. The molecule has 1 amide bonds. The zero-order chi connectivity index (χ0) is 16.5. The summed E-state index contributed by atoms with van der Waals surface area (Å²) in [6.45, 7) is 1.24. The summed E-state index contributed by atoms with van der Waals surface area (Å²) in [5.74, 6) is -0.355. The smallest absolute Gasteiger partial charge is 0.257 e. The lowest BCUT2D eigenvalue weighted by molar-refractivity contribution is 0.0426. The number of anilines is 1. The predicted molar refractivity (Wildman–Crippen MR) is 89.2 cm³/mol. The van der Waals surface area contributed by atoms with Crippen LogP contribution >= 0.6 is 0 Å². The fourth-order valence-corrected chi connectivity index (χ4v) is 3.43. The number of benzene rings is 2. The van der Waals surface area contributed by atoms with Crippen molar-refractivity contribution >= 4 is 11.6 Å². The standard InChI is InChI=1S/C19H19FN2O2/c20-14-6-3-5-13(11-14)18-21-17-9-2-1-8-16(17)19(23)22(18)12-15-7-4-10-24-15/h1-3,5-6,8-9,11,15,18,21H,4,7,10,12H2/t15-,18+/m1/s1. The highest BCUT2D eigenvalue weighted by Gasteiger charge is 2.35. The number of hydrogen-bond donors (Lipinski definition) is 1. The Hall–Kier alpha value is -2.40. The Morgan fingerprint density at radius 3 is 2.88 bits per heavy atom. The first-order valence-corrected chi connectivity index (χ1v) is 8.26. The van der Waals surface area contributed by atoms with Crippen molar-refractivity contribution in [1.82, 2.24) is 4.90 Å². The average Bonchev–Trinajstić information content (AvgIpc) is 3.10. The molecule has 2 aliphatic heterocycles. The van der Waals surface area contributed by atoms with E-state index in [1.807, 2.05) is 30.3 Å². The summed E-state index contributed by atoms with van der Waals surface area (Å²) in [4.78, 5) is 14.8. The summed E-state index contributed by atoms with van der Waals surface area (Å²) < 4.78 is 19.4. The highest BCUT2D eigenvalue weighted by atomic mass is 19.1. The van der Waals surface area contributed by atoms with E-state index in [-0.39, 0.29) is 17.8 Å². The van der Waals surface area contributed by atoms with Crippen LogP contribution in [0.2, 0.25) is 0 Å². The zero-order valence-electron chi connectivity index (χ0n) is 13.2. The van der Waals surface area contributed by atoms with Gasteiger partial charge in [0.15, 0.2) is 0 Å². The van der Waals surface area contributed by atoms with Gasteiger partial charge in [-0.2, -0.15) is 0 Å². The lowest BCUT2D eigenvalue weighted by Gasteiger charge is -2.39. The van der Waals surface area contributed by atoms with E-state index < -0.39 is 6.17 Å². The van der Waals surface area contributed by atoms with Crippen LogP contribution in [0.1, 0.15) is 34.9 Å². The van der Waals surface area contributed by atoms with Gasteiger partial charge in [0.2, 0.25) is 0 Å². The van der Waals surface area contributed by atoms with E-state index in [0.29, 0.717) is 12.1 Å². The number of rotatable bonds is 3. The van der Waals surface area contributed by atoms with Crippen LogP contribution < -0.4 is 5.32 Å². The zero-order valence-corrected chi connectivity index (χ0v) is 13.2. The highest BCUT2D eigenvalue weighted by Crippen LogP contribution is 2.34. The first-order chi connectivity index (χ1) is 11.7. The molecule has 2 aliphatic rings. The van der Waals surface area contributed by atoms with Crippen LogP contribution in [-0.2, 0) is 4.74 Å². The van der Waals surface area contributed by atoms with Crippen molar-refractivity contribution in [3.63, 3.8) is 0 Å². The fourth-order valence-electron chi connectivity index (χ4n) is 3.43. The molecule has 4 rings (SSSR count). The molecule has 0 aromatic heterocycles. The average molecular weight is 326 g/mol. The predicted octanol–water partition coefficient (Wildman–Crippen LogP) is 3.57. The molecule has 24 heavy (non-hydrogen) atoms. The molecule has 2 atom stereocenters. The highest BCUT2D eigenvalue weighted by molar-refractivity contribution is 6.01. The van der Waals surface area contributed by atoms with Gasteiger partial charge in [0.1, 0.15) is 12.0 Å². The van der Waals surface area contributed by atoms with Crippen molar-refractivity contribution in [3.8, 4) is 0 Å². The molecular weight excluding hydrogens is 307 g/mol. The molecule has 0 bridgehead atoms. The molecular formula is C19H19FN2O2. The first kappa shape index (κ1) is 15.1. The number of hydrogen-bond acceptors (Lipinski definition) is 3. The summed E-state index contributed by atoms with van der Waals surface area (Å²) >= 11 is 0. The molecule has 2 aromatic carbocycles. The van der Waals surface area contributed by atoms with Gasteiger partial charge in [-0.1, -0.05) is 24.3 Å². The fraction of sp³-hybridized carbons (Fsp3) is 0.316. The molecule has 124 valence electrons. The number of fused-ring (bicyclic) bond motifs is 1. The normalized spacial score (nSPS) is 23.0. The minimum Gasteiger partial charge on any atom is -0.376 e. The number of nitrogens with zero attached hydrogens (tertiary/aromatic N) is 1. The molecule has 0 unspecified atom stereocenters. The number of carbonyl (C=O) groups is 1. The Labute approximate surface area is 140 Å².